The van der Waals surface area contributed by atoms with E-state index in [4.69, 9.17) is 4.74 Å². The summed E-state index contributed by atoms with van der Waals surface area (Å²) in [7, 11) is 0. The van der Waals surface area contributed by atoms with E-state index in [0.29, 0.717) is 24.0 Å². The van der Waals surface area contributed by atoms with Gasteiger partial charge in [-0.1, -0.05) is 58.0 Å². The molecule has 0 aliphatic heterocycles. The van der Waals surface area contributed by atoms with Gasteiger partial charge < -0.3 is 20.5 Å². The number of hydrogen-bond donors (Lipinski definition) is 3. The van der Waals surface area contributed by atoms with Crippen LogP contribution in [0.15, 0.2) is 35.1 Å². The minimum atomic E-state index is -1.18. The first-order chi connectivity index (χ1) is 14.9. The molecule has 2 amide bonds. The fourth-order valence-electron chi connectivity index (χ4n) is 3.62. The first-order valence-corrected chi connectivity index (χ1v) is 11.2. The van der Waals surface area contributed by atoms with Gasteiger partial charge >= 0.3 is 6.09 Å². The van der Waals surface area contributed by atoms with E-state index >= 15 is 0 Å². The number of benzene rings is 1. The van der Waals surface area contributed by atoms with Crippen LogP contribution in [0.4, 0.5) is 4.79 Å². The van der Waals surface area contributed by atoms with Crippen molar-refractivity contribution in [2.75, 3.05) is 0 Å². The maximum absolute atomic E-state index is 13.0. The first-order valence-electron chi connectivity index (χ1n) is 11.2. The average molecular weight is 445 g/mol. The third-order valence-electron chi connectivity index (χ3n) is 5.44. The highest BCUT2D eigenvalue weighted by Gasteiger charge is 2.36. The minimum Gasteiger partial charge on any atom is -0.445 e. The van der Waals surface area contributed by atoms with Gasteiger partial charge in [-0.05, 0) is 44.1 Å². The van der Waals surface area contributed by atoms with Gasteiger partial charge in [0.2, 0.25) is 5.91 Å². The Labute approximate surface area is 190 Å². The van der Waals surface area contributed by atoms with Gasteiger partial charge in [-0.2, -0.15) is 0 Å². The van der Waals surface area contributed by atoms with E-state index in [9.17, 15) is 19.5 Å². The van der Waals surface area contributed by atoms with Crippen molar-refractivity contribution in [1.29, 1.82) is 0 Å². The highest BCUT2D eigenvalue weighted by Crippen LogP contribution is 2.27. The Bertz CT molecular complexity index is 905. The van der Waals surface area contributed by atoms with E-state index in [0.717, 1.165) is 5.56 Å². The normalized spacial score (nSPS) is 13.9. The maximum Gasteiger partial charge on any atom is 0.408 e. The zero-order chi connectivity index (χ0) is 24.1. The zero-order valence-electron chi connectivity index (χ0n) is 19.9. The average Bonchev–Trinajstić information content (AvgIpc) is 3.35. The number of nitrogens with one attached hydrogen (secondary N) is 2. The summed E-state index contributed by atoms with van der Waals surface area (Å²) in [5, 5.41) is 15.8. The van der Waals surface area contributed by atoms with Crippen molar-refractivity contribution < 1.29 is 19.4 Å². The zero-order valence-corrected chi connectivity index (χ0v) is 19.9. The Morgan fingerprint density at radius 1 is 1.06 bits per heavy atom. The van der Waals surface area contributed by atoms with Crippen molar-refractivity contribution in [3.8, 4) is 0 Å². The summed E-state index contributed by atoms with van der Waals surface area (Å²) >= 11 is 0. The summed E-state index contributed by atoms with van der Waals surface area (Å²) in [5.74, 6) is -0.0765. The summed E-state index contributed by atoms with van der Waals surface area (Å²) in [6.45, 7) is 11.1. The van der Waals surface area contributed by atoms with Crippen LogP contribution in [-0.2, 0) is 28.2 Å². The van der Waals surface area contributed by atoms with Crippen molar-refractivity contribution in [3.63, 3.8) is 0 Å². The molecule has 0 aromatic heterocycles. The van der Waals surface area contributed by atoms with Crippen molar-refractivity contribution in [1.82, 2.24) is 10.6 Å². The number of carbonyl (C=O) groups excluding carboxylic acids is 2. The molecule has 176 valence electrons. The molecule has 3 N–H and O–H groups in total. The van der Waals surface area contributed by atoms with Gasteiger partial charge in [-0.25, -0.2) is 4.79 Å². The molecule has 2 aromatic rings. The van der Waals surface area contributed by atoms with Gasteiger partial charge in [0.25, 0.3) is 0 Å². The molecule has 32 heavy (non-hydrogen) atoms. The lowest BCUT2D eigenvalue weighted by molar-refractivity contribution is -0.124. The Morgan fingerprint density at radius 3 is 2.19 bits per heavy atom. The lowest BCUT2D eigenvalue weighted by Gasteiger charge is -2.26. The minimum absolute atomic E-state index is 0.0626. The number of amides is 2. The topological polar surface area (TPSA) is 105 Å². The van der Waals surface area contributed by atoms with Crippen LogP contribution in [0.5, 0.6) is 0 Å². The summed E-state index contributed by atoms with van der Waals surface area (Å²) < 4.78 is 5.27. The molecule has 7 nitrogen and oxygen atoms in total. The molecule has 7 heteroatoms. The lowest BCUT2D eigenvalue weighted by Crippen LogP contribution is -2.51. The molecule has 0 bridgehead atoms. The van der Waals surface area contributed by atoms with Crippen molar-refractivity contribution in [2.24, 2.45) is 11.8 Å². The molecule has 0 radical (unpaired) electrons. The summed E-state index contributed by atoms with van der Waals surface area (Å²) in [6.07, 6.45) is 0.155. The smallest absolute Gasteiger partial charge is 0.408 e. The van der Waals surface area contributed by atoms with Crippen molar-refractivity contribution >= 4 is 12.0 Å². The van der Waals surface area contributed by atoms with Crippen LogP contribution in [0.3, 0.4) is 0 Å². The van der Waals surface area contributed by atoms with Gasteiger partial charge in [-0.15, -0.1) is 0 Å². The van der Waals surface area contributed by atoms with Crippen molar-refractivity contribution in [3.05, 3.63) is 57.2 Å². The third-order valence-corrected chi connectivity index (χ3v) is 5.44. The second-order valence-corrected chi connectivity index (χ2v) is 9.69. The Hall–Kier alpha value is -2.67. The van der Waals surface area contributed by atoms with Crippen LogP contribution in [0, 0.1) is 11.8 Å². The van der Waals surface area contributed by atoms with Gasteiger partial charge in [0.05, 0.1) is 5.60 Å². The highest BCUT2D eigenvalue weighted by molar-refractivity contribution is 5.85. The molecule has 0 saturated heterocycles. The SMILES string of the molecule is CC(C)C[C@H](NC(=O)OCc1ccccc1)C(=O)N[C@@H](Cc1c(C(C)(C)O)c1=O)C(C)C. The predicted octanol–water partition coefficient (Wildman–Crippen LogP) is 3.17. The first kappa shape index (κ1) is 25.6. The van der Waals surface area contributed by atoms with Crippen LogP contribution < -0.4 is 16.1 Å². The molecule has 2 aromatic carbocycles. The summed E-state index contributed by atoms with van der Waals surface area (Å²) in [4.78, 5) is 37.5. The molecule has 2 atom stereocenters. The molecular weight excluding hydrogens is 408 g/mol. The highest BCUT2D eigenvalue weighted by atomic mass is 16.5. The molecule has 0 spiro atoms. The van der Waals surface area contributed by atoms with E-state index in [1.165, 1.54) is 0 Å². The molecule has 0 fully saturated rings. The fraction of sp³-hybridized carbons (Fsp3) is 0.560. The molecule has 0 saturated carbocycles. The number of alkyl carbamates (subject to hydrolysis) is 1. The maximum atomic E-state index is 13.0. The number of carbonyl (C=O) groups is 2. The van der Waals surface area contributed by atoms with Crippen LogP contribution >= 0.6 is 0 Å². The largest absolute Gasteiger partial charge is 0.445 e. The van der Waals surface area contributed by atoms with E-state index in [1.807, 2.05) is 58.0 Å². The van der Waals surface area contributed by atoms with E-state index < -0.39 is 17.7 Å². The monoisotopic (exact) mass is 444 g/mol. The summed E-state index contributed by atoms with van der Waals surface area (Å²) in [6, 6.07) is 8.27. The standard InChI is InChI=1S/C25H36N2O5/c1-15(2)12-20(27-24(30)32-14-17-10-8-7-9-11-17)23(29)26-19(16(3)4)13-18-21(22(18)28)25(5,6)31/h7-11,15-16,19-20,31H,12-14H2,1-6H3,(H,26,29)(H,27,30)/t19-,20-/m0/s1. The number of rotatable bonds is 11. The number of hydrogen-bond acceptors (Lipinski definition) is 5. The Morgan fingerprint density at radius 2 is 1.69 bits per heavy atom. The van der Waals surface area contributed by atoms with Crippen LogP contribution in [0.2, 0.25) is 0 Å². The number of ether oxygens (including phenoxy) is 1. The van der Waals surface area contributed by atoms with E-state index in [2.05, 4.69) is 10.6 Å². The van der Waals surface area contributed by atoms with Crippen molar-refractivity contribution in [2.45, 2.75) is 78.7 Å². The van der Waals surface area contributed by atoms with Crippen LogP contribution in [0.25, 0.3) is 0 Å². The Balaban J connectivity index is 2.01. The van der Waals surface area contributed by atoms with Crippen LogP contribution in [-0.4, -0.2) is 29.2 Å². The fourth-order valence-corrected chi connectivity index (χ4v) is 3.62. The second-order valence-electron chi connectivity index (χ2n) is 9.69. The van der Waals surface area contributed by atoms with E-state index in [1.54, 1.807) is 13.8 Å². The second kappa shape index (κ2) is 10.8. The summed E-state index contributed by atoms with van der Waals surface area (Å²) in [5.41, 5.74) is 0.560. The predicted molar refractivity (Wildman–Crippen MR) is 124 cm³/mol. The molecular formula is C25H36N2O5. The number of aliphatic hydroxyl groups is 1. The van der Waals surface area contributed by atoms with Gasteiger partial charge in [0.1, 0.15) is 12.6 Å². The van der Waals surface area contributed by atoms with Gasteiger partial charge in [0, 0.05) is 17.2 Å². The van der Waals surface area contributed by atoms with E-state index in [-0.39, 0.29) is 35.8 Å². The lowest BCUT2D eigenvalue weighted by atomic mass is 9.96. The molecule has 2 rings (SSSR count). The molecule has 0 aliphatic rings. The molecule has 0 heterocycles. The van der Waals surface area contributed by atoms with Crippen LogP contribution in [0.1, 0.15) is 64.7 Å². The quantitative estimate of drug-likeness (QED) is 0.494. The third kappa shape index (κ3) is 7.48. The Kier molecular flexibility index (Phi) is 8.61. The van der Waals surface area contributed by atoms with Gasteiger partial charge in [0.15, 0.2) is 5.43 Å². The van der Waals surface area contributed by atoms with Gasteiger partial charge in [-0.3, -0.25) is 9.59 Å². The molecule has 0 unspecified atom stereocenters. The molecule has 0 aliphatic carbocycles.